The zero-order valence-electron chi connectivity index (χ0n) is 10.8. The molecule has 0 saturated carbocycles. The second-order valence-corrected chi connectivity index (χ2v) is 7.08. The Bertz CT molecular complexity index is 381. The fourth-order valence-electron chi connectivity index (χ4n) is 1.53. The first-order valence-electron chi connectivity index (χ1n) is 5.43. The zero-order chi connectivity index (χ0) is 14.0. The fraction of sp³-hybridized carbons (Fsp3) is 0.214. The molecule has 0 N–H and O–H groups in total. The Hall–Kier alpha value is 0.333. The van der Waals surface area contributed by atoms with Crippen LogP contribution in [-0.2, 0) is 15.1 Å². The SMILES string of the molecule is Cc1cc(C)c([PH3+])c(C)c1.[CH]1C=CC=C1.[Cl][Rh][Cl]. The molecule has 1 unspecified atom stereocenters. The first-order valence-corrected chi connectivity index (χ1v) is 10.4. The summed E-state index contributed by atoms with van der Waals surface area (Å²) in [7, 11) is 11.6. The number of halogens is 2. The molecule has 0 amide bonds. The van der Waals surface area contributed by atoms with E-state index in [1.165, 1.54) is 22.0 Å². The van der Waals surface area contributed by atoms with Gasteiger partial charge in [0, 0.05) is 15.7 Å². The van der Waals surface area contributed by atoms with Crippen molar-refractivity contribution in [3.8, 4) is 0 Å². The number of rotatable bonds is 0. The predicted octanol–water partition coefficient (Wildman–Crippen LogP) is 4.54. The third-order valence-electron chi connectivity index (χ3n) is 2.40. The van der Waals surface area contributed by atoms with E-state index >= 15 is 0 Å². The number of benzene rings is 1. The second-order valence-electron chi connectivity index (χ2n) is 3.89. The van der Waals surface area contributed by atoms with Gasteiger partial charge in [-0.1, -0.05) is 42.0 Å². The van der Waals surface area contributed by atoms with E-state index in [1.807, 2.05) is 40.0 Å². The molecule has 0 bridgehead atoms. The standard InChI is InChI=1S/C9H13P.C5H5.2ClH.Rh/c1-6-4-7(2)9(10)8(3)5-6;1-2-4-5-3-1;;;/h4-5H,10H2,1-3H3;1-5H;2*1H;/q;;;;+2/p-1. The van der Waals surface area contributed by atoms with Crippen LogP contribution in [0.2, 0.25) is 0 Å². The Morgan fingerprint density at radius 2 is 1.28 bits per heavy atom. The van der Waals surface area contributed by atoms with E-state index in [9.17, 15) is 0 Å². The van der Waals surface area contributed by atoms with E-state index in [2.05, 4.69) is 32.9 Å². The Morgan fingerprint density at radius 1 is 0.889 bits per heavy atom. The van der Waals surface area contributed by atoms with Crippen LogP contribution < -0.4 is 5.30 Å². The molecule has 1 aliphatic rings. The van der Waals surface area contributed by atoms with Crippen LogP contribution in [0.25, 0.3) is 0 Å². The van der Waals surface area contributed by atoms with Gasteiger partial charge in [0.15, 0.2) is 0 Å². The quantitative estimate of drug-likeness (QED) is 0.450. The average Bonchev–Trinajstić information content (AvgIpc) is 2.85. The van der Waals surface area contributed by atoms with Gasteiger partial charge < -0.3 is 0 Å². The van der Waals surface area contributed by atoms with Gasteiger partial charge in [-0.05, 0) is 31.9 Å². The summed E-state index contributed by atoms with van der Waals surface area (Å²) < 4.78 is 0. The van der Waals surface area contributed by atoms with E-state index < -0.39 is 0 Å². The third-order valence-corrected chi connectivity index (χ3v) is 3.51. The van der Waals surface area contributed by atoms with Gasteiger partial charge in [-0.15, -0.1) is 0 Å². The van der Waals surface area contributed by atoms with Crippen molar-refractivity contribution >= 4 is 33.9 Å². The Balaban J connectivity index is 0.000000301. The summed E-state index contributed by atoms with van der Waals surface area (Å²) in [6.45, 7) is 6.48. The molecule has 0 spiro atoms. The number of aryl methyl sites for hydroxylation is 3. The van der Waals surface area contributed by atoms with E-state index in [0.717, 1.165) is 0 Å². The van der Waals surface area contributed by atoms with Crippen molar-refractivity contribution < 1.29 is 15.1 Å². The normalized spacial score (nSPS) is 11.8. The molecule has 1 atom stereocenters. The molecule has 0 heterocycles. The number of allylic oxidation sites excluding steroid dienone is 4. The van der Waals surface area contributed by atoms with Crippen LogP contribution >= 0.6 is 28.6 Å². The van der Waals surface area contributed by atoms with E-state index in [-0.39, 0.29) is 15.1 Å². The van der Waals surface area contributed by atoms with Crippen LogP contribution in [0.1, 0.15) is 16.7 Å². The summed E-state index contributed by atoms with van der Waals surface area (Å²) in [6.07, 6.45) is 10.0. The summed E-state index contributed by atoms with van der Waals surface area (Å²) in [4.78, 5) is 0. The van der Waals surface area contributed by atoms with Gasteiger partial charge in [-0.25, -0.2) is 0 Å². The average molecular weight is 392 g/mol. The third kappa shape index (κ3) is 8.44. The van der Waals surface area contributed by atoms with Gasteiger partial charge in [-0.2, -0.15) is 0 Å². The molecular weight excluding hydrogens is 373 g/mol. The zero-order valence-corrected chi connectivity index (χ0v) is 15.4. The number of hydrogen-bond acceptors (Lipinski definition) is 0. The molecule has 4 heteroatoms. The van der Waals surface area contributed by atoms with Crippen molar-refractivity contribution in [3.63, 3.8) is 0 Å². The van der Waals surface area contributed by atoms with Gasteiger partial charge in [0.1, 0.15) is 0 Å². The molecule has 0 saturated heterocycles. The van der Waals surface area contributed by atoms with Crippen LogP contribution in [0.3, 0.4) is 0 Å². The van der Waals surface area contributed by atoms with Gasteiger partial charge >= 0.3 is 34.5 Å². The van der Waals surface area contributed by atoms with Crippen molar-refractivity contribution in [1.82, 2.24) is 0 Å². The number of hydrogen-bond donors (Lipinski definition) is 0. The Labute approximate surface area is 129 Å². The first-order chi connectivity index (χ1) is 8.52. The molecule has 1 aromatic carbocycles. The summed E-state index contributed by atoms with van der Waals surface area (Å²) in [5, 5.41) is 1.45. The van der Waals surface area contributed by atoms with Gasteiger partial charge in [0.2, 0.25) is 0 Å². The fourth-order valence-corrected chi connectivity index (χ4v) is 1.73. The molecule has 0 aromatic heterocycles. The Kier molecular flexibility index (Phi) is 11.4. The van der Waals surface area contributed by atoms with Crippen molar-refractivity contribution in [3.05, 3.63) is 59.5 Å². The second kappa shape index (κ2) is 11.2. The monoisotopic (exact) mass is 391 g/mol. The van der Waals surface area contributed by atoms with E-state index in [1.54, 1.807) is 0 Å². The van der Waals surface area contributed by atoms with Crippen molar-refractivity contribution in [2.75, 3.05) is 0 Å². The Morgan fingerprint density at radius 3 is 1.56 bits per heavy atom. The van der Waals surface area contributed by atoms with Crippen LogP contribution in [0, 0.1) is 27.2 Å². The first kappa shape index (κ1) is 18.3. The molecule has 1 aliphatic carbocycles. The van der Waals surface area contributed by atoms with Gasteiger partial charge in [0.25, 0.3) is 0 Å². The molecule has 0 nitrogen and oxygen atoms in total. The minimum atomic E-state index is -0.226. The summed E-state index contributed by atoms with van der Waals surface area (Å²) in [6, 6.07) is 4.46. The molecule has 0 aliphatic heterocycles. The summed E-state index contributed by atoms with van der Waals surface area (Å²) in [5.41, 5.74) is 4.19. The van der Waals surface area contributed by atoms with Crippen molar-refractivity contribution in [1.29, 1.82) is 0 Å². The van der Waals surface area contributed by atoms with E-state index in [0.29, 0.717) is 0 Å². The predicted molar refractivity (Wildman–Crippen MR) is 85.7 cm³/mol. The maximum absolute atomic E-state index is 4.83. The molecule has 18 heavy (non-hydrogen) atoms. The topological polar surface area (TPSA) is 0 Å². The van der Waals surface area contributed by atoms with E-state index in [4.69, 9.17) is 19.4 Å². The molecule has 1 aromatic rings. The van der Waals surface area contributed by atoms with Crippen LogP contribution in [-0.4, -0.2) is 0 Å². The van der Waals surface area contributed by atoms with Gasteiger partial charge in [-0.3, -0.25) is 0 Å². The summed E-state index contributed by atoms with van der Waals surface area (Å²) in [5.74, 6) is 0. The minimum absolute atomic E-state index is 0.226. The van der Waals surface area contributed by atoms with Crippen LogP contribution in [0.15, 0.2) is 36.4 Å². The van der Waals surface area contributed by atoms with Gasteiger partial charge in [0.05, 0.1) is 5.30 Å². The maximum atomic E-state index is 4.83. The molecular formula is C14H19Cl2PRh+. The molecule has 102 valence electrons. The molecule has 0 fully saturated rings. The molecule has 1 radical (unpaired) electrons. The van der Waals surface area contributed by atoms with Crippen LogP contribution in [0.4, 0.5) is 0 Å². The van der Waals surface area contributed by atoms with Crippen molar-refractivity contribution in [2.24, 2.45) is 0 Å². The van der Waals surface area contributed by atoms with Crippen LogP contribution in [0.5, 0.6) is 0 Å². The molecule has 2 rings (SSSR count). The summed E-state index contributed by atoms with van der Waals surface area (Å²) >= 11 is -0.226. The van der Waals surface area contributed by atoms with Crippen molar-refractivity contribution in [2.45, 2.75) is 20.8 Å².